The molecule has 2 N–H and O–H groups in total. The first kappa shape index (κ1) is 12.0. The maximum atomic E-state index is 5.48. The molecule has 0 spiro atoms. The molecule has 0 amide bonds. The average molecular weight is 265 g/mol. The molecule has 1 fully saturated rings. The third-order valence-electron chi connectivity index (χ3n) is 3.34. The molecule has 0 radical (unpaired) electrons. The molecule has 18 heavy (non-hydrogen) atoms. The monoisotopic (exact) mass is 265 g/mol. The van der Waals surface area contributed by atoms with Crippen LogP contribution in [0.3, 0.4) is 0 Å². The van der Waals surface area contributed by atoms with E-state index in [1.165, 1.54) is 37.1 Å². The van der Waals surface area contributed by atoms with Crippen molar-refractivity contribution in [1.82, 2.24) is 19.8 Å². The number of fused-ring (bicyclic) bond motifs is 1. The average Bonchev–Trinajstić information content (AvgIpc) is 3.00. The summed E-state index contributed by atoms with van der Waals surface area (Å²) in [4.78, 5) is 0.953. The largest absolute Gasteiger partial charge is 0.330 e. The van der Waals surface area contributed by atoms with Gasteiger partial charge in [0.2, 0.25) is 4.96 Å². The Morgan fingerprint density at radius 1 is 1.17 bits per heavy atom. The summed E-state index contributed by atoms with van der Waals surface area (Å²) in [6.07, 6.45) is 8.35. The highest BCUT2D eigenvalue weighted by Crippen LogP contribution is 2.39. The van der Waals surface area contributed by atoms with E-state index >= 15 is 0 Å². The maximum absolute atomic E-state index is 5.48. The van der Waals surface area contributed by atoms with Crippen molar-refractivity contribution in [2.75, 3.05) is 6.54 Å². The number of hydrogen-bond donors (Lipinski definition) is 1. The van der Waals surface area contributed by atoms with Gasteiger partial charge in [0, 0.05) is 12.3 Å². The van der Waals surface area contributed by atoms with Gasteiger partial charge in [0.25, 0.3) is 0 Å². The lowest BCUT2D eigenvalue weighted by Gasteiger charge is -1.97. The van der Waals surface area contributed by atoms with Gasteiger partial charge < -0.3 is 5.73 Å². The SMILES string of the molecule is NCCCCCCc1nn2c(C3CC3)nnc2s1. The van der Waals surface area contributed by atoms with Crippen molar-refractivity contribution in [3.05, 3.63) is 10.8 Å². The first-order chi connectivity index (χ1) is 8.88. The molecule has 0 unspecified atom stereocenters. The Hall–Kier alpha value is -1.01. The molecular weight excluding hydrogens is 246 g/mol. The smallest absolute Gasteiger partial charge is 0.234 e. The van der Waals surface area contributed by atoms with Gasteiger partial charge >= 0.3 is 0 Å². The fraction of sp³-hybridized carbons (Fsp3) is 0.750. The van der Waals surface area contributed by atoms with E-state index < -0.39 is 0 Å². The topological polar surface area (TPSA) is 69.1 Å². The molecule has 0 atom stereocenters. The van der Waals surface area contributed by atoms with Crippen molar-refractivity contribution in [1.29, 1.82) is 0 Å². The van der Waals surface area contributed by atoms with Gasteiger partial charge in [-0.15, -0.1) is 10.2 Å². The number of hydrogen-bond acceptors (Lipinski definition) is 5. The number of nitrogens with two attached hydrogens (primary N) is 1. The van der Waals surface area contributed by atoms with Crippen molar-refractivity contribution in [3.8, 4) is 0 Å². The van der Waals surface area contributed by atoms with Crippen LogP contribution in [0.2, 0.25) is 0 Å². The Bertz CT molecular complexity index is 513. The van der Waals surface area contributed by atoms with Crippen LogP contribution in [0.5, 0.6) is 0 Å². The van der Waals surface area contributed by atoms with Gasteiger partial charge in [-0.2, -0.15) is 9.61 Å². The Labute approximate surface area is 110 Å². The van der Waals surface area contributed by atoms with Gasteiger partial charge in [0.05, 0.1) is 0 Å². The van der Waals surface area contributed by atoms with E-state index in [1.54, 1.807) is 11.3 Å². The zero-order chi connectivity index (χ0) is 12.4. The number of nitrogens with zero attached hydrogens (tertiary/aromatic N) is 4. The Balaban J connectivity index is 1.59. The molecule has 2 aromatic rings. The molecule has 0 aliphatic heterocycles. The molecule has 0 aromatic carbocycles. The van der Waals surface area contributed by atoms with E-state index in [0.717, 1.165) is 30.2 Å². The first-order valence-electron chi connectivity index (χ1n) is 6.79. The summed E-state index contributed by atoms with van der Waals surface area (Å²) in [6, 6.07) is 0. The lowest BCUT2D eigenvalue weighted by Crippen LogP contribution is -1.98. The summed E-state index contributed by atoms with van der Waals surface area (Å²) in [7, 11) is 0. The minimum absolute atomic E-state index is 0.611. The Morgan fingerprint density at radius 3 is 2.78 bits per heavy atom. The van der Waals surface area contributed by atoms with Gasteiger partial charge in [0.15, 0.2) is 5.82 Å². The minimum Gasteiger partial charge on any atom is -0.330 e. The maximum Gasteiger partial charge on any atom is 0.234 e. The highest BCUT2D eigenvalue weighted by atomic mass is 32.1. The molecule has 98 valence electrons. The van der Waals surface area contributed by atoms with E-state index in [1.807, 2.05) is 4.52 Å². The molecule has 0 bridgehead atoms. The van der Waals surface area contributed by atoms with E-state index in [-0.39, 0.29) is 0 Å². The van der Waals surface area contributed by atoms with E-state index in [0.29, 0.717) is 5.92 Å². The molecule has 1 aliphatic rings. The van der Waals surface area contributed by atoms with Gasteiger partial charge in [-0.25, -0.2) is 0 Å². The first-order valence-corrected chi connectivity index (χ1v) is 7.61. The lowest BCUT2D eigenvalue weighted by atomic mass is 10.1. The summed E-state index contributed by atoms with van der Waals surface area (Å²) >= 11 is 1.68. The Kier molecular flexibility index (Phi) is 3.56. The van der Waals surface area contributed by atoms with Crippen molar-refractivity contribution in [3.63, 3.8) is 0 Å². The quantitative estimate of drug-likeness (QED) is 0.779. The predicted octanol–water partition coefficient (Wildman–Crippen LogP) is 2.12. The van der Waals surface area contributed by atoms with Gasteiger partial charge in [-0.1, -0.05) is 24.2 Å². The van der Waals surface area contributed by atoms with E-state index in [9.17, 15) is 0 Å². The molecule has 2 heterocycles. The molecule has 1 aliphatic carbocycles. The minimum atomic E-state index is 0.611. The van der Waals surface area contributed by atoms with Crippen LogP contribution in [0, 0.1) is 0 Å². The summed E-state index contributed by atoms with van der Waals surface area (Å²) in [5.41, 5.74) is 5.48. The van der Waals surface area contributed by atoms with Crippen molar-refractivity contribution < 1.29 is 0 Å². The fourth-order valence-electron chi connectivity index (χ4n) is 2.14. The molecule has 1 saturated carbocycles. The van der Waals surface area contributed by atoms with E-state index in [4.69, 9.17) is 5.73 Å². The standard InChI is InChI=1S/C12H19N5S/c13-8-4-2-1-3-5-10-16-17-11(9-6-7-9)14-15-12(17)18-10/h9H,1-8,13H2. The normalized spacial score (nSPS) is 15.6. The molecule has 2 aromatic heterocycles. The second-order valence-electron chi connectivity index (χ2n) is 4.98. The van der Waals surface area contributed by atoms with Gasteiger partial charge in [0.1, 0.15) is 5.01 Å². The van der Waals surface area contributed by atoms with E-state index in [2.05, 4.69) is 15.3 Å². The van der Waals surface area contributed by atoms with Crippen LogP contribution in [-0.4, -0.2) is 26.4 Å². The highest BCUT2D eigenvalue weighted by Gasteiger charge is 2.29. The molecular formula is C12H19N5S. The van der Waals surface area contributed by atoms with Crippen LogP contribution in [0.4, 0.5) is 0 Å². The molecule has 6 heteroatoms. The highest BCUT2D eigenvalue weighted by molar-refractivity contribution is 7.16. The Morgan fingerprint density at radius 2 is 2.00 bits per heavy atom. The van der Waals surface area contributed by atoms with Crippen LogP contribution in [0.15, 0.2) is 0 Å². The third-order valence-corrected chi connectivity index (χ3v) is 4.30. The summed E-state index contributed by atoms with van der Waals surface area (Å²) < 4.78 is 1.96. The predicted molar refractivity (Wildman–Crippen MR) is 71.9 cm³/mol. The van der Waals surface area contributed by atoms with Crippen LogP contribution in [-0.2, 0) is 6.42 Å². The fourth-order valence-corrected chi connectivity index (χ4v) is 3.03. The van der Waals surface area contributed by atoms with Crippen LogP contribution in [0.25, 0.3) is 4.96 Å². The number of aromatic nitrogens is 4. The number of aryl methyl sites for hydroxylation is 1. The van der Waals surface area contributed by atoms with Crippen molar-refractivity contribution in [2.45, 2.75) is 50.9 Å². The summed E-state index contributed by atoms with van der Waals surface area (Å²) in [6.45, 7) is 0.807. The van der Waals surface area contributed by atoms with Gasteiger partial charge in [-0.3, -0.25) is 0 Å². The van der Waals surface area contributed by atoms with Crippen LogP contribution < -0.4 is 5.73 Å². The second-order valence-corrected chi connectivity index (χ2v) is 6.02. The van der Waals surface area contributed by atoms with Crippen LogP contribution >= 0.6 is 11.3 Å². The molecule has 5 nitrogen and oxygen atoms in total. The summed E-state index contributed by atoms with van der Waals surface area (Å²) in [5.74, 6) is 1.68. The van der Waals surface area contributed by atoms with Crippen molar-refractivity contribution in [2.24, 2.45) is 5.73 Å². The lowest BCUT2D eigenvalue weighted by molar-refractivity contribution is 0.641. The second kappa shape index (κ2) is 5.32. The molecule has 3 rings (SSSR count). The zero-order valence-corrected chi connectivity index (χ0v) is 11.3. The van der Waals surface area contributed by atoms with Crippen LogP contribution in [0.1, 0.15) is 55.3 Å². The van der Waals surface area contributed by atoms with Crippen molar-refractivity contribution >= 4 is 16.3 Å². The molecule has 0 saturated heterocycles. The number of rotatable bonds is 7. The van der Waals surface area contributed by atoms with Gasteiger partial charge in [-0.05, 0) is 32.2 Å². The third kappa shape index (κ3) is 2.54. The zero-order valence-electron chi connectivity index (χ0n) is 10.5. The number of unbranched alkanes of at least 4 members (excludes halogenated alkanes) is 3. The summed E-state index contributed by atoms with van der Waals surface area (Å²) in [5, 5.41) is 14.3.